The predicted octanol–water partition coefficient (Wildman–Crippen LogP) is 1.48. The van der Waals surface area contributed by atoms with Crippen LogP contribution in [0.25, 0.3) is 0 Å². The van der Waals surface area contributed by atoms with Crippen LogP contribution in [0, 0.1) is 0 Å². The third-order valence-electron chi connectivity index (χ3n) is 3.51. The van der Waals surface area contributed by atoms with Crippen molar-refractivity contribution in [3.8, 4) is 5.75 Å². The van der Waals surface area contributed by atoms with E-state index in [-0.39, 0.29) is 18.3 Å². The zero-order valence-electron chi connectivity index (χ0n) is 11.4. The summed E-state index contributed by atoms with van der Waals surface area (Å²) in [6.45, 7) is 1.89. The van der Waals surface area contributed by atoms with Gasteiger partial charge in [0.05, 0.1) is 13.5 Å². The number of likely N-dealkylation sites (N-methyl/N-ethyl adjacent to an activating group) is 1. The van der Waals surface area contributed by atoms with Crippen LogP contribution in [0.15, 0.2) is 24.3 Å². The van der Waals surface area contributed by atoms with Gasteiger partial charge in [0.2, 0.25) is 5.91 Å². The van der Waals surface area contributed by atoms with E-state index in [2.05, 4.69) is 5.32 Å². The molecule has 0 bridgehead atoms. The van der Waals surface area contributed by atoms with E-state index >= 15 is 0 Å². The van der Waals surface area contributed by atoms with Gasteiger partial charge in [-0.3, -0.25) is 4.79 Å². The molecule has 0 aromatic heterocycles. The Hall–Kier alpha value is -1.26. The second-order valence-corrected chi connectivity index (χ2v) is 4.64. The minimum absolute atomic E-state index is 0. The Morgan fingerprint density at radius 1 is 1.47 bits per heavy atom. The van der Waals surface area contributed by atoms with E-state index in [0.717, 1.165) is 30.8 Å². The zero-order valence-corrected chi connectivity index (χ0v) is 12.2. The number of benzene rings is 1. The van der Waals surface area contributed by atoms with Crippen molar-refractivity contribution in [1.29, 1.82) is 0 Å². The molecule has 1 heterocycles. The van der Waals surface area contributed by atoms with Crippen molar-refractivity contribution in [1.82, 2.24) is 10.2 Å². The van der Waals surface area contributed by atoms with E-state index in [0.29, 0.717) is 12.5 Å². The largest absolute Gasteiger partial charge is 0.496 e. The molecule has 1 aliphatic heterocycles. The molecule has 1 aromatic rings. The predicted molar refractivity (Wildman–Crippen MR) is 78.0 cm³/mol. The number of methoxy groups -OCH3 is 1. The van der Waals surface area contributed by atoms with Crippen molar-refractivity contribution < 1.29 is 9.53 Å². The Morgan fingerprint density at radius 2 is 2.21 bits per heavy atom. The molecular weight excluding hydrogens is 264 g/mol. The summed E-state index contributed by atoms with van der Waals surface area (Å²) >= 11 is 0. The third kappa shape index (κ3) is 3.85. The molecule has 1 N–H and O–H groups in total. The Kier molecular flexibility index (Phi) is 6.12. The molecule has 106 valence electrons. The van der Waals surface area contributed by atoms with Gasteiger partial charge in [-0.25, -0.2) is 0 Å². The molecule has 4 nitrogen and oxygen atoms in total. The number of amides is 1. The van der Waals surface area contributed by atoms with Crippen molar-refractivity contribution >= 4 is 18.3 Å². The van der Waals surface area contributed by atoms with Gasteiger partial charge >= 0.3 is 0 Å². The quantitative estimate of drug-likeness (QED) is 0.911. The number of hydrogen-bond acceptors (Lipinski definition) is 3. The summed E-state index contributed by atoms with van der Waals surface area (Å²) in [5.41, 5.74) is 0.947. The highest BCUT2D eigenvalue weighted by Crippen LogP contribution is 2.19. The van der Waals surface area contributed by atoms with Gasteiger partial charge in [0.1, 0.15) is 5.75 Å². The van der Waals surface area contributed by atoms with E-state index in [4.69, 9.17) is 4.74 Å². The van der Waals surface area contributed by atoms with E-state index < -0.39 is 0 Å². The van der Waals surface area contributed by atoms with Gasteiger partial charge in [-0.1, -0.05) is 18.2 Å². The van der Waals surface area contributed by atoms with Crippen LogP contribution in [0.1, 0.15) is 12.0 Å². The molecule has 0 saturated carbocycles. The normalized spacial score (nSPS) is 17.7. The molecule has 0 aliphatic carbocycles. The van der Waals surface area contributed by atoms with Crippen LogP contribution in [0.4, 0.5) is 0 Å². The molecule has 1 aromatic carbocycles. The van der Waals surface area contributed by atoms with E-state index in [1.807, 2.05) is 36.2 Å². The third-order valence-corrected chi connectivity index (χ3v) is 3.51. The van der Waals surface area contributed by atoms with Crippen molar-refractivity contribution in [2.75, 3.05) is 27.2 Å². The number of rotatable bonds is 4. The molecule has 1 fully saturated rings. The molecule has 1 saturated heterocycles. The number of para-hydroxylation sites is 1. The summed E-state index contributed by atoms with van der Waals surface area (Å²) in [4.78, 5) is 14.1. The molecule has 1 aliphatic rings. The highest BCUT2D eigenvalue weighted by molar-refractivity contribution is 5.85. The zero-order chi connectivity index (χ0) is 13.0. The minimum atomic E-state index is 0. The summed E-state index contributed by atoms with van der Waals surface area (Å²) in [5.74, 6) is 0.928. The van der Waals surface area contributed by atoms with Crippen molar-refractivity contribution in [2.24, 2.45) is 0 Å². The van der Waals surface area contributed by atoms with Gasteiger partial charge in [-0.05, 0) is 19.0 Å². The van der Waals surface area contributed by atoms with Gasteiger partial charge in [0.25, 0.3) is 0 Å². The smallest absolute Gasteiger partial charge is 0.227 e. The van der Waals surface area contributed by atoms with E-state index in [1.54, 1.807) is 7.11 Å². The second-order valence-electron chi connectivity index (χ2n) is 4.64. The lowest BCUT2D eigenvalue weighted by molar-refractivity contribution is -0.130. The fraction of sp³-hybridized carbons (Fsp3) is 0.500. The molecule has 1 atom stereocenters. The summed E-state index contributed by atoms with van der Waals surface area (Å²) in [7, 11) is 3.52. The minimum Gasteiger partial charge on any atom is -0.496 e. The number of nitrogens with zero attached hydrogens (tertiary/aromatic N) is 1. The molecule has 19 heavy (non-hydrogen) atoms. The average molecular weight is 285 g/mol. The van der Waals surface area contributed by atoms with Gasteiger partial charge in [0, 0.05) is 25.2 Å². The SMILES string of the molecule is COc1ccccc1CC(=O)N(C)C1CCNC1.Cl. The summed E-state index contributed by atoms with van der Waals surface area (Å²) in [6, 6.07) is 8.00. The molecule has 1 amide bonds. The lowest BCUT2D eigenvalue weighted by Crippen LogP contribution is -2.39. The van der Waals surface area contributed by atoms with Crippen LogP contribution >= 0.6 is 12.4 Å². The van der Waals surface area contributed by atoms with Crippen LogP contribution in [0.3, 0.4) is 0 Å². The molecule has 0 radical (unpaired) electrons. The van der Waals surface area contributed by atoms with Crippen molar-refractivity contribution in [2.45, 2.75) is 18.9 Å². The van der Waals surface area contributed by atoms with Crippen LogP contribution in [0.5, 0.6) is 5.75 Å². The van der Waals surface area contributed by atoms with E-state index in [9.17, 15) is 4.79 Å². The maximum Gasteiger partial charge on any atom is 0.227 e. The maximum atomic E-state index is 12.2. The Labute approximate surface area is 120 Å². The van der Waals surface area contributed by atoms with Crippen LogP contribution in [-0.2, 0) is 11.2 Å². The van der Waals surface area contributed by atoms with Gasteiger partial charge < -0.3 is 15.0 Å². The lowest BCUT2D eigenvalue weighted by atomic mass is 10.1. The maximum absolute atomic E-state index is 12.2. The molecule has 0 spiro atoms. The van der Waals surface area contributed by atoms with Crippen molar-refractivity contribution in [3.63, 3.8) is 0 Å². The Bertz CT molecular complexity index is 420. The van der Waals surface area contributed by atoms with Gasteiger partial charge in [-0.15, -0.1) is 12.4 Å². The first-order valence-electron chi connectivity index (χ1n) is 6.30. The lowest BCUT2D eigenvalue weighted by Gasteiger charge is -2.24. The second kappa shape index (κ2) is 7.36. The average Bonchev–Trinajstić information content (AvgIpc) is 2.92. The van der Waals surface area contributed by atoms with Gasteiger partial charge in [0.15, 0.2) is 0 Å². The monoisotopic (exact) mass is 284 g/mol. The molecular formula is C14H21ClN2O2. The highest BCUT2D eigenvalue weighted by atomic mass is 35.5. The summed E-state index contributed by atoms with van der Waals surface area (Å²) in [6.07, 6.45) is 1.44. The summed E-state index contributed by atoms with van der Waals surface area (Å²) in [5, 5.41) is 3.28. The first-order chi connectivity index (χ1) is 8.72. The number of hydrogen-bond donors (Lipinski definition) is 1. The first kappa shape index (κ1) is 15.8. The van der Waals surface area contributed by atoms with Gasteiger partial charge in [-0.2, -0.15) is 0 Å². The molecule has 2 rings (SSSR count). The Morgan fingerprint density at radius 3 is 2.84 bits per heavy atom. The van der Waals surface area contributed by atoms with Crippen LogP contribution in [0.2, 0.25) is 0 Å². The van der Waals surface area contributed by atoms with Crippen molar-refractivity contribution in [3.05, 3.63) is 29.8 Å². The topological polar surface area (TPSA) is 41.6 Å². The first-order valence-corrected chi connectivity index (χ1v) is 6.30. The fourth-order valence-electron chi connectivity index (χ4n) is 2.31. The number of ether oxygens (including phenoxy) is 1. The number of nitrogens with one attached hydrogen (secondary N) is 1. The molecule has 5 heteroatoms. The summed E-state index contributed by atoms with van der Waals surface area (Å²) < 4.78 is 5.27. The van der Waals surface area contributed by atoms with Crippen LogP contribution in [-0.4, -0.2) is 44.1 Å². The Balaban J connectivity index is 0.00000180. The fourth-order valence-corrected chi connectivity index (χ4v) is 2.31. The van der Waals surface area contributed by atoms with E-state index in [1.165, 1.54) is 0 Å². The number of carbonyl (C=O) groups excluding carboxylic acids is 1. The standard InChI is InChI=1S/C14H20N2O2.ClH/c1-16(12-7-8-15-10-12)14(17)9-11-5-3-4-6-13(11)18-2;/h3-6,12,15H,7-10H2,1-2H3;1H. The molecule has 1 unspecified atom stereocenters. The van der Waals surface area contributed by atoms with Crippen LogP contribution < -0.4 is 10.1 Å². The highest BCUT2D eigenvalue weighted by Gasteiger charge is 2.23. The number of halogens is 1. The number of carbonyl (C=O) groups is 1.